The molecule has 0 unspecified atom stereocenters. The summed E-state index contributed by atoms with van der Waals surface area (Å²) in [6.07, 6.45) is 0. The van der Waals surface area contributed by atoms with Crippen LogP contribution < -0.4 is 4.74 Å². The molecule has 0 aliphatic carbocycles. The van der Waals surface area contributed by atoms with Crippen molar-refractivity contribution < 1.29 is 18.7 Å². The van der Waals surface area contributed by atoms with Crippen molar-refractivity contribution in [3.05, 3.63) is 29.0 Å². The molecule has 1 heterocycles. The molecule has 0 amide bonds. The number of carbonyl (C=O) groups is 1. The number of carbonyl (C=O) groups excluding carboxylic acids is 1. The third kappa shape index (κ3) is 3.05. The summed E-state index contributed by atoms with van der Waals surface area (Å²) in [5.41, 5.74) is 0.234. The predicted molar refractivity (Wildman–Crippen MR) is 68.9 cm³/mol. The monoisotopic (exact) mass is 299 g/mol. The highest BCUT2D eigenvalue weighted by Crippen LogP contribution is 2.24. The highest BCUT2D eigenvalue weighted by Gasteiger charge is 2.15. The van der Waals surface area contributed by atoms with Gasteiger partial charge in [-0.05, 0) is 18.2 Å². The van der Waals surface area contributed by atoms with Crippen LogP contribution in [-0.4, -0.2) is 34.5 Å². The minimum absolute atomic E-state index is 0.0396. The first-order valence-electron chi connectivity index (χ1n) is 5.57. The Balaban J connectivity index is 2.25. The normalized spacial score (nSPS) is 10.4. The average molecular weight is 300 g/mol. The standard InChI is InChI=1S/C12H11ClFN3O3/c1-17-11(8-4-3-7(13)5-9(8)14)15-12(16-17)20-6-10(18)19-2/h3-5H,6H2,1-2H3. The highest BCUT2D eigenvalue weighted by molar-refractivity contribution is 6.30. The fourth-order valence-electron chi connectivity index (χ4n) is 1.51. The summed E-state index contributed by atoms with van der Waals surface area (Å²) in [6.45, 7) is -0.316. The van der Waals surface area contributed by atoms with Crippen LogP contribution in [0.25, 0.3) is 11.4 Å². The van der Waals surface area contributed by atoms with Crippen molar-refractivity contribution >= 4 is 17.6 Å². The second kappa shape index (κ2) is 5.87. The lowest BCUT2D eigenvalue weighted by molar-refractivity contribution is -0.143. The average Bonchev–Trinajstić information content (AvgIpc) is 2.77. The van der Waals surface area contributed by atoms with Gasteiger partial charge in [0.05, 0.1) is 12.7 Å². The first-order chi connectivity index (χ1) is 9.51. The molecule has 0 saturated heterocycles. The van der Waals surface area contributed by atoms with Crippen molar-refractivity contribution in [3.8, 4) is 17.4 Å². The highest BCUT2D eigenvalue weighted by atomic mass is 35.5. The van der Waals surface area contributed by atoms with Crippen LogP contribution in [-0.2, 0) is 16.6 Å². The lowest BCUT2D eigenvalue weighted by atomic mass is 10.2. The van der Waals surface area contributed by atoms with Crippen LogP contribution in [0.1, 0.15) is 0 Å². The van der Waals surface area contributed by atoms with Crippen molar-refractivity contribution in [3.63, 3.8) is 0 Å². The van der Waals surface area contributed by atoms with E-state index in [-0.39, 0.29) is 29.0 Å². The Morgan fingerprint density at radius 3 is 2.90 bits per heavy atom. The molecule has 1 aromatic carbocycles. The number of nitrogens with zero attached hydrogens (tertiary/aromatic N) is 3. The van der Waals surface area contributed by atoms with Crippen molar-refractivity contribution in [1.29, 1.82) is 0 Å². The molecule has 0 aliphatic rings. The van der Waals surface area contributed by atoms with E-state index < -0.39 is 11.8 Å². The summed E-state index contributed by atoms with van der Waals surface area (Å²) >= 11 is 5.69. The molecule has 8 heteroatoms. The van der Waals surface area contributed by atoms with Gasteiger partial charge in [0.1, 0.15) is 5.82 Å². The van der Waals surface area contributed by atoms with Crippen molar-refractivity contribution in [2.24, 2.45) is 7.05 Å². The number of methoxy groups -OCH3 is 1. The molecule has 20 heavy (non-hydrogen) atoms. The minimum atomic E-state index is -0.559. The Bertz CT molecular complexity index is 645. The van der Waals surface area contributed by atoms with Crippen molar-refractivity contribution in [1.82, 2.24) is 14.8 Å². The van der Waals surface area contributed by atoms with Crippen LogP contribution in [0.3, 0.4) is 0 Å². The van der Waals surface area contributed by atoms with Crippen LogP contribution in [0.15, 0.2) is 18.2 Å². The number of halogens is 2. The number of hydrogen-bond acceptors (Lipinski definition) is 5. The van der Waals surface area contributed by atoms with Crippen LogP contribution in [0.4, 0.5) is 4.39 Å². The van der Waals surface area contributed by atoms with Gasteiger partial charge in [0, 0.05) is 12.1 Å². The summed E-state index contributed by atoms with van der Waals surface area (Å²) in [6, 6.07) is 4.18. The molecule has 0 N–H and O–H groups in total. The van der Waals surface area contributed by atoms with E-state index in [0.717, 1.165) is 0 Å². The number of hydrogen-bond donors (Lipinski definition) is 0. The maximum atomic E-state index is 13.8. The molecular weight excluding hydrogens is 289 g/mol. The topological polar surface area (TPSA) is 66.2 Å². The first kappa shape index (κ1) is 14.3. The Morgan fingerprint density at radius 1 is 1.50 bits per heavy atom. The van der Waals surface area contributed by atoms with Gasteiger partial charge in [-0.3, -0.25) is 0 Å². The minimum Gasteiger partial charge on any atom is -0.466 e. The van der Waals surface area contributed by atoms with E-state index >= 15 is 0 Å². The molecule has 1 aromatic heterocycles. The molecule has 2 rings (SSSR count). The maximum absolute atomic E-state index is 13.8. The Kier molecular flexibility index (Phi) is 4.19. The number of benzene rings is 1. The Hall–Kier alpha value is -2.15. The SMILES string of the molecule is COC(=O)COc1nc(-c2ccc(Cl)cc2F)n(C)n1. The molecule has 106 valence electrons. The molecule has 0 bridgehead atoms. The zero-order valence-corrected chi connectivity index (χ0v) is 11.5. The third-order valence-electron chi connectivity index (χ3n) is 2.46. The summed E-state index contributed by atoms with van der Waals surface area (Å²) in [7, 11) is 2.83. The molecular formula is C12H11ClFN3O3. The van der Waals surface area contributed by atoms with E-state index in [9.17, 15) is 9.18 Å². The van der Waals surface area contributed by atoms with E-state index in [2.05, 4.69) is 14.8 Å². The van der Waals surface area contributed by atoms with Crippen LogP contribution in [0.5, 0.6) is 6.01 Å². The number of aromatic nitrogens is 3. The van der Waals surface area contributed by atoms with Gasteiger partial charge >= 0.3 is 12.0 Å². The summed E-state index contributed by atoms with van der Waals surface area (Å²) in [5.74, 6) is -0.816. The fourth-order valence-corrected chi connectivity index (χ4v) is 1.67. The van der Waals surface area contributed by atoms with Gasteiger partial charge in [-0.2, -0.15) is 4.98 Å². The first-order valence-corrected chi connectivity index (χ1v) is 5.95. The number of esters is 1. The molecule has 0 atom stereocenters. The quantitative estimate of drug-likeness (QED) is 0.806. The Labute approximate surface area is 119 Å². The Morgan fingerprint density at radius 2 is 2.25 bits per heavy atom. The smallest absolute Gasteiger partial charge is 0.344 e. The molecule has 0 radical (unpaired) electrons. The lowest BCUT2D eigenvalue weighted by Crippen LogP contribution is -2.13. The zero-order chi connectivity index (χ0) is 14.7. The van der Waals surface area contributed by atoms with Gasteiger partial charge in [0.2, 0.25) is 0 Å². The summed E-state index contributed by atoms with van der Waals surface area (Å²) < 4.78 is 24.6. The van der Waals surface area contributed by atoms with E-state index in [0.29, 0.717) is 0 Å². The second-order valence-corrected chi connectivity index (χ2v) is 4.27. The van der Waals surface area contributed by atoms with E-state index in [1.54, 1.807) is 13.1 Å². The molecule has 0 saturated carbocycles. The van der Waals surface area contributed by atoms with Gasteiger partial charge < -0.3 is 9.47 Å². The number of aryl methyl sites for hydroxylation is 1. The van der Waals surface area contributed by atoms with Crippen LogP contribution in [0, 0.1) is 5.82 Å². The van der Waals surface area contributed by atoms with E-state index in [1.165, 1.54) is 23.9 Å². The van der Waals surface area contributed by atoms with Crippen molar-refractivity contribution in [2.75, 3.05) is 13.7 Å². The van der Waals surface area contributed by atoms with Gasteiger partial charge in [-0.1, -0.05) is 11.6 Å². The van der Waals surface area contributed by atoms with Crippen molar-refractivity contribution in [2.45, 2.75) is 0 Å². The van der Waals surface area contributed by atoms with Gasteiger partial charge in [-0.15, -0.1) is 5.10 Å². The predicted octanol–water partition coefficient (Wildman–Crippen LogP) is 1.83. The molecule has 2 aromatic rings. The molecule has 0 aliphatic heterocycles. The lowest BCUT2D eigenvalue weighted by Gasteiger charge is -2.01. The van der Waals surface area contributed by atoms with Gasteiger partial charge in [0.25, 0.3) is 0 Å². The molecule has 0 fully saturated rings. The van der Waals surface area contributed by atoms with Gasteiger partial charge in [-0.25, -0.2) is 13.9 Å². The van der Waals surface area contributed by atoms with Crippen LogP contribution >= 0.6 is 11.6 Å². The summed E-state index contributed by atoms with van der Waals surface area (Å²) in [4.78, 5) is 15.0. The fraction of sp³-hybridized carbons (Fsp3) is 0.250. The number of rotatable bonds is 4. The third-order valence-corrected chi connectivity index (χ3v) is 2.70. The molecule has 6 nitrogen and oxygen atoms in total. The largest absolute Gasteiger partial charge is 0.466 e. The molecule has 0 spiro atoms. The second-order valence-electron chi connectivity index (χ2n) is 3.83. The van der Waals surface area contributed by atoms with E-state index in [1.807, 2.05) is 0 Å². The zero-order valence-electron chi connectivity index (χ0n) is 10.8. The number of ether oxygens (including phenoxy) is 2. The van der Waals surface area contributed by atoms with E-state index in [4.69, 9.17) is 16.3 Å². The van der Waals surface area contributed by atoms with Gasteiger partial charge in [0.15, 0.2) is 12.4 Å². The summed E-state index contributed by atoms with van der Waals surface area (Å²) in [5, 5.41) is 4.22. The van der Waals surface area contributed by atoms with Crippen LogP contribution in [0.2, 0.25) is 5.02 Å². The maximum Gasteiger partial charge on any atom is 0.344 e.